The standard InChI is InChI=1S/C33H35N3O2/c1-2-38-28-15-11-23(12-16-28)32-20-30(29-9-5-6-10-31(29)36-32)33(37)35-27-14-13-26(19-27)34-21-22-17-24-7-3-4-8-25(24)18-22/h3-12,15-16,20,22,26-27,34H,2,13-14,17-19,21H2,1H3,(H,35,37)/t26-,27+/m0/s1. The Morgan fingerprint density at radius 1 is 0.921 bits per heavy atom. The lowest BCUT2D eigenvalue weighted by Gasteiger charge is -2.18. The van der Waals surface area contributed by atoms with Gasteiger partial charge in [0.2, 0.25) is 0 Å². The largest absolute Gasteiger partial charge is 0.494 e. The van der Waals surface area contributed by atoms with Crippen LogP contribution >= 0.6 is 0 Å². The monoisotopic (exact) mass is 505 g/mol. The van der Waals surface area contributed by atoms with Gasteiger partial charge < -0.3 is 15.4 Å². The quantitative estimate of drug-likeness (QED) is 0.310. The fourth-order valence-corrected chi connectivity index (χ4v) is 6.09. The molecule has 0 spiro atoms. The van der Waals surface area contributed by atoms with Gasteiger partial charge in [0.05, 0.1) is 23.4 Å². The van der Waals surface area contributed by atoms with E-state index in [0.29, 0.717) is 24.1 Å². The highest BCUT2D eigenvalue weighted by Gasteiger charge is 2.28. The number of nitrogens with zero attached hydrogens (tertiary/aromatic N) is 1. The van der Waals surface area contributed by atoms with E-state index in [4.69, 9.17) is 9.72 Å². The van der Waals surface area contributed by atoms with Crippen LogP contribution in [0.15, 0.2) is 78.9 Å². The number of amides is 1. The SMILES string of the molecule is CCOc1ccc(-c2cc(C(=O)N[C@@H]3CC[C@H](NCC4Cc5ccccc5C4)C3)c3ccccc3n2)cc1. The van der Waals surface area contributed by atoms with Crippen molar-refractivity contribution in [1.29, 1.82) is 0 Å². The van der Waals surface area contributed by atoms with E-state index in [-0.39, 0.29) is 11.9 Å². The van der Waals surface area contributed by atoms with Crippen LogP contribution in [-0.4, -0.2) is 36.1 Å². The molecule has 6 rings (SSSR count). The minimum atomic E-state index is -0.0207. The van der Waals surface area contributed by atoms with Gasteiger partial charge >= 0.3 is 0 Å². The molecule has 0 bridgehead atoms. The summed E-state index contributed by atoms with van der Waals surface area (Å²) < 4.78 is 5.58. The predicted molar refractivity (Wildman–Crippen MR) is 153 cm³/mol. The lowest BCUT2D eigenvalue weighted by atomic mass is 10.0. The molecule has 0 unspecified atom stereocenters. The van der Waals surface area contributed by atoms with Crippen molar-refractivity contribution in [3.05, 3.63) is 95.6 Å². The summed E-state index contributed by atoms with van der Waals surface area (Å²) in [6, 6.07) is 27.2. The van der Waals surface area contributed by atoms with E-state index in [2.05, 4.69) is 34.9 Å². The molecule has 2 atom stereocenters. The van der Waals surface area contributed by atoms with Crippen molar-refractivity contribution in [2.75, 3.05) is 13.2 Å². The number of pyridine rings is 1. The Morgan fingerprint density at radius 2 is 1.63 bits per heavy atom. The molecule has 0 aliphatic heterocycles. The van der Waals surface area contributed by atoms with Crippen molar-refractivity contribution in [2.45, 2.75) is 51.1 Å². The maximum atomic E-state index is 13.6. The second kappa shape index (κ2) is 11.0. The predicted octanol–water partition coefficient (Wildman–Crippen LogP) is 5.96. The molecule has 5 heteroatoms. The van der Waals surface area contributed by atoms with Gasteiger partial charge in [-0.05, 0) is 99.0 Å². The van der Waals surface area contributed by atoms with Gasteiger partial charge in [-0.1, -0.05) is 42.5 Å². The first-order chi connectivity index (χ1) is 18.7. The van der Waals surface area contributed by atoms with Crippen LogP contribution in [-0.2, 0) is 12.8 Å². The highest BCUT2D eigenvalue weighted by molar-refractivity contribution is 6.07. The third kappa shape index (κ3) is 5.30. The van der Waals surface area contributed by atoms with Crippen molar-refractivity contribution in [1.82, 2.24) is 15.6 Å². The molecule has 4 aromatic rings. The Kier molecular flexibility index (Phi) is 7.10. The Labute approximate surface area is 224 Å². The van der Waals surface area contributed by atoms with E-state index >= 15 is 0 Å². The van der Waals surface area contributed by atoms with Gasteiger partial charge in [-0.15, -0.1) is 0 Å². The van der Waals surface area contributed by atoms with Crippen molar-refractivity contribution in [3.8, 4) is 17.0 Å². The van der Waals surface area contributed by atoms with Crippen molar-refractivity contribution in [2.24, 2.45) is 5.92 Å². The van der Waals surface area contributed by atoms with Gasteiger partial charge in [0.1, 0.15) is 5.75 Å². The molecule has 0 radical (unpaired) electrons. The smallest absolute Gasteiger partial charge is 0.252 e. The zero-order chi connectivity index (χ0) is 25.9. The van der Waals surface area contributed by atoms with Gasteiger partial charge in [0.25, 0.3) is 5.91 Å². The van der Waals surface area contributed by atoms with Crippen LogP contribution in [0.4, 0.5) is 0 Å². The third-order valence-corrected chi connectivity index (χ3v) is 8.02. The van der Waals surface area contributed by atoms with Crippen molar-refractivity contribution < 1.29 is 9.53 Å². The van der Waals surface area contributed by atoms with Crippen LogP contribution < -0.4 is 15.4 Å². The fourth-order valence-electron chi connectivity index (χ4n) is 6.09. The van der Waals surface area contributed by atoms with E-state index < -0.39 is 0 Å². The molecule has 0 saturated heterocycles. The van der Waals surface area contributed by atoms with Crippen LogP contribution in [0.1, 0.15) is 47.7 Å². The fraction of sp³-hybridized carbons (Fsp3) is 0.333. The minimum absolute atomic E-state index is 0.0207. The lowest BCUT2D eigenvalue weighted by Crippen LogP contribution is -2.36. The molecule has 1 amide bonds. The molecule has 1 heterocycles. The summed E-state index contributed by atoms with van der Waals surface area (Å²) in [5, 5.41) is 8.02. The summed E-state index contributed by atoms with van der Waals surface area (Å²) in [5.41, 5.74) is 6.27. The average Bonchev–Trinajstić information content (AvgIpc) is 3.58. The first-order valence-electron chi connectivity index (χ1n) is 13.9. The molecule has 2 aliphatic carbocycles. The molecular formula is C33H35N3O2. The Balaban J connectivity index is 1.11. The zero-order valence-corrected chi connectivity index (χ0v) is 22.0. The number of carbonyl (C=O) groups excluding carboxylic acids is 1. The maximum absolute atomic E-state index is 13.6. The molecule has 2 N–H and O–H groups in total. The summed E-state index contributed by atoms with van der Waals surface area (Å²) in [7, 11) is 0. The Bertz CT molecular complexity index is 1410. The summed E-state index contributed by atoms with van der Waals surface area (Å²) in [4.78, 5) is 18.4. The molecule has 2 aliphatic rings. The van der Waals surface area contributed by atoms with Gasteiger partial charge in [-0.2, -0.15) is 0 Å². The molecule has 1 aromatic heterocycles. The average molecular weight is 506 g/mol. The van der Waals surface area contributed by atoms with Crippen LogP contribution in [0, 0.1) is 5.92 Å². The molecule has 194 valence electrons. The van der Waals surface area contributed by atoms with Crippen LogP contribution in [0.25, 0.3) is 22.2 Å². The Hall–Kier alpha value is -3.70. The van der Waals surface area contributed by atoms with E-state index in [1.165, 1.54) is 24.0 Å². The van der Waals surface area contributed by atoms with Crippen LogP contribution in [0.2, 0.25) is 0 Å². The number of fused-ring (bicyclic) bond motifs is 2. The van der Waals surface area contributed by atoms with Crippen LogP contribution in [0.3, 0.4) is 0 Å². The number of nitrogens with one attached hydrogen (secondary N) is 2. The number of benzene rings is 3. The Morgan fingerprint density at radius 3 is 2.39 bits per heavy atom. The molecule has 38 heavy (non-hydrogen) atoms. The number of rotatable bonds is 8. The van der Waals surface area contributed by atoms with Crippen molar-refractivity contribution in [3.63, 3.8) is 0 Å². The van der Waals surface area contributed by atoms with E-state index in [1.807, 2.05) is 61.5 Å². The first-order valence-corrected chi connectivity index (χ1v) is 13.9. The second-order valence-electron chi connectivity index (χ2n) is 10.7. The normalized spacial score (nSPS) is 19.0. The van der Waals surface area contributed by atoms with Crippen molar-refractivity contribution >= 4 is 16.8 Å². The van der Waals surface area contributed by atoms with Gasteiger partial charge in [0.15, 0.2) is 0 Å². The van der Waals surface area contributed by atoms with Gasteiger partial charge in [0, 0.05) is 23.0 Å². The molecule has 5 nitrogen and oxygen atoms in total. The number of aromatic nitrogens is 1. The number of carbonyl (C=O) groups is 1. The maximum Gasteiger partial charge on any atom is 0.252 e. The van der Waals surface area contributed by atoms with E-state index in [9.17, 15) is 4.79 Å². The molecule has 1 fully saturated rings. The number of hydrogen-bond donors (Lipinski definition) is 2. The number of hydrogen-bond acceptors (Lipinski definition) is 4. The van der Waals surface area contributed by atoms with Gasteiger partial charge in [-0.25, -0.2) is 4.98 Å². The molecular weight excluding hydrogens is 470 g/mol. The van der Waals surface area contributed by atoms with Crippen LogP contribution in [0.5, 0.6) is 5.75 Å². The summed E-state index contributed by atoms with van der Waals surface area (Å²) in [5.74, 6) is 1.48. The summed E-state index contributed by atoms with van der Waals surface area (Å²) in [6.07, 6.45) is 5.41. The zero-order valence-electron chi connectivity index (χ0n) is 22.0. The molecule has 1 saturated carbocycles. The highest BCUT2D eigenvalue weighted by atomic mass is 16.5. The minimum Gasteiger partial charge on any atom is -0.494 e. The number of para-hydroxylation sites is 1. The lowest BCUT2D eigenvalue weighted by molar-refractivity contribution is 0.0939. The third-order valence-electron chi connectivity index (χ3n) is 8.02. The van der Waals surface area contributed by atoms with E-state index in [0.717, 1.165) is 53.7 Å². The second-order valence-corrected chi connectivity index (χ2v) is 10.7. The highest BCUT2D eigenvalue weighted by Crippen LogP contribution is 2.29. The molecule has 3 aromatic carbocycles. The topological polar surface area (TPSA) is 63.2 Å². The summed E-state index contributed by atoms with van der Waals surface area (Å²) >= 11 is 0. The summed E-state index contributed by atoms with van der Waals surface area (Å²) in [6.45, 7) is 3.64. The first kappa shape index (κ1) is 24.6. The van der Waals surface area contributed by atoms with E-state index in [1.54, 1.807) is 0 Å². The van der Waals surface area contributed by atoms with Gasteiger partial charge in [-0.3, -0.25) is 4.79 Å². The number of ether oxygens (including phenoxy) is 1.